The first-order valence-electron chi connectivity index (χ1n) is 4.97. The Morgan fingerprint density at radius 1 is 1.77 bits per heavy atom. The molecule has 1 aliphatic rings. The van der Waals surface area contributed by atoms with Crippen molar-refractivity contribution in [1.29, 1.82) is 5.26 Å². The highest BCUT2D eigenvalue weighted by molar-refractivity contribution is 5.03. The zero-order valence-corrected chi connectivity index (χ0v) is 8.38. The van der Waals surface area contributed by atoms with E-state index in [2.05, 4.69) is 11.4 Å². The monoisotopic (exact) mass is 182 g/mol. The average Bonchev–Trinajstić information content (AvgIpc) is 2.12. The minimum Gasteiger partial charge on any atom is -0.388 e. The van der Waals surface area contributed by atoms with E-state index in [1.54, 1.807) is 0 Å². The van der Waals surface area contributed by atoms with Crippen LogP contribution in [0.25, 0.3) is 0 Å². The third kappa shape index (κ3) is 1.84. The third-order valence-electron chi connectivity index (χ3n) is 3.17. The van der Waals surface area contributed by atoms with Crippen LogP contribution in [0.4, 0.5) is 0 Å². The van der Waals surface area contributed by atoms with Crippen LogP contribution in [-0.2, 0) is 0 Å². The Kier molecular flexibility index (Phi) is 3.29. The second kappa shape index (κ2) is 4.08. The molecule has 0 aromatic heterocycles. The Balaban J connectivity index is 2.77. The van der Waals surface area contributed by atoms with Crippen LogP contribution in [-0.4, -0.2) is 23.8 Å². The molecule has 3 unspecified atom stereocenters. The Morgan fingerprint density at radius 3 is 2.92 bits per heavy atom. The molecule has 0 saturated carbocycles. The highest BCUT2D eigenvalue weighted by atomic mass is 16.3. The second-order valence-corrected chi connectivity index (χ2v) is 3.94. The summed E-state index contributed by atoms with van der Waals surface area (Å²) < 4.78 is 0. The number of nitriles is 1. The van der Waals surface area contributed by atoms with Gasteiger partial charge >= 0.3 is 0 Å². The molecule has 1 saturated heterocycles. The number of nitrogens with zero attached hydrogens (tertiary/aromatic N) is 1. The van der Waals surface area contributed by atoms with Gasteiger partial charge in [0.15, 0.2) is 0 Å². The molecule has 0 aromatic rings. The predicted octanol–water partition coefficient (Wildman–Crippen LogP) is 0.897. The molecule has 3 heteroatoms. The van der Waals surface area contributed by atoms with E-state index in [1.807, 2.05) is 13.8 Å². The number of hydrogen-bond donors (Lipinski definition) is 2. The van der Waals surface area contributed by atoms with Gasteiger partial charge in [-0.15, -0.1) is 0 Å². The largest absolute Gasteiger partial charge is 0.388 e. The summed E-state index contributed by atoms with van der Waals surface area (Å²) >= 11 is 0. The van der Waals surface area contributed by atoms with Crippen molar-refractivity contribution in [3.63, 3.8) is 0 Å². The van der Waals surface area contributed by atoms with Crippen LogP contribution in [0.5, 0.6) is 0 Å². The molecular formula is C10H18N2O. The first-order valence-corrected chi connectivity index (χ1v) is 4.97. The summed E-state index contributed by atoms with van der Waals surface area (Å²) in [5, 5.41) is 22.5. The van der Waals surface area contributed by atoms with Gasteiger partial charge in [0.2, 0.25) is 0 Å². The molecule has 0 aromatic carbocycles. The zero-order valence-electron chi connectivity index (χ0n) is 8.38. The summed E-state index contributed by atoms with van der Waals surface area (Å²) in [5.41, 5.74) is -0.769. The maximum Gasteiger partial charge on any atom is 0.0854 e. The molecule has 74 valence electrons. The molecular weight excluding hydrogens is 164 g/mol. The lowest BCUT2D eigenvalue weighted by Gasteiger charge is -2.41. The number of hydrogen-bond acceptors (Lipinski definition) is 3. The number of piperidine rings is 1. The van der Waals surface area contributed by atoms with Crippen molar-refractivity contribution in [2.45, 2.75) is 32.3 Å². The molecule has 3 nitrogen and oxygen atoms in total. The lowest BCUT2D eigenvalue weighted by molar-refractivity contribution is -0.0662. The van der Waals surface area contributed by atoms with E-state index >= 15 is 0 Å². The smallest absolute Gasteiger partial charge is 0.0854 e. The van der Waals surface area contributed by atoms with Crippen molar-refractivity contribution in [1.82, 2.24) is 5.32 Å². The van der Waals surface area contributed by atoms with E-state index in [4.69, 9.17) is 5.26 Å². The number of nitrogens with one attached hydrogen (secondary N) is 1. The molecule has 1 heterocycles. The van der Waals surface area contributed by atoms with Gasteiger partial charge < -0.3 is 10.4 Å². The molecule has 0 radical (unpaired) electrons. The fourth-order valence-electron chi connectivity index (χ4n) is 2.10. The quantitative estimate of drug-likeness (QED) is 0.667. The molecule has 0 bridgehead atoms. The van der Waals surface area contributed by atoms with Gasteiger partial charge in [0.05, 0.1) is 17.6 Å². The lowest BCUT2D eigenvalue weighted by Crippen LogP contribution is -2.53. The Labute approximate surface area is 79.8 Å². The Hall–Kier alpha value is -0.590. The average molecular weight is 182 g/mol. The standard InChI is InChI=1S/C10H18N2O/c1-3-9(6-11)10(13)4-5-12-7-8(10)2/h8-9,12-13H,3-5,7H2,1-2H3. The van der Waals surface area contributed by atoms with Crippen LogP contribution in [0.3, 0.4) is 0 Å². The molecule has 0 aliphatic carbocycles. The van der Waals surface area contributed by atoms with Gasteiger partial charge in [-0.25, -0.2) is 0 Å². The molecule has 13 heavy (non-hydrogen) atoms. The molecule has 0 amide bonds. The summed E-state index contributed by atoms with van der Waals surface area (Å²) in [6, 6.07) is 2.21. The van der Waals surface area contributed by atoms with E-state index in [0.29, 0.717) is 6.42 Å². The maximum atomic E-state index is 10.3. The van der Waals surface area contributed by atoms with Crippen molar-refractivity contribution >= 4 is 0 Å². The van der Waals surface area contributed by atoms with Crippen LogP contribution in [0.2, 0.25) is 0 Å². The van der Waals surface area contributed by atoms with E-state index in [-0.39, 0.29) is 11.8 Å². The number of rotatable bonds is 2. The Morgan fingerprint density at radius 2 is 2.46 bits per heavy atom. The van der Waals surface area contributed by atoms with Gasteiger partial charge in [0, 0.05) is 6.54 Å². The highest BCUT2D eigenvalue weighted by Crippen LogP contribution is 2.33. The van der Waals surface area contributed by atoms with Gasteiger partial charge in [-0.1, -0.05) is 13.8 Å². The fourth-order valence-corrected chi connectivity index (χ4v) is 2.10. The van der Waals surface area contributed by atoms with Crippen molar-refractivity contribution in [2.24, 2.45) is 11.8 Å². The van der Waals surface area contributed by atoms with Gasteiger partial charge in [-0.3, -0.25) is 0 Å². The topological polar surface area (TPSA) is 56.0 Å². The van der Waals surface area contributed by atoms with Gasteiger partial charge in [-0.2, -0.15) is 5.26 Å². The summed E-state index contributed by atoms with van der Waals surface area (Å²) in [6.45, 7) is 5.60. The van der Waals surface area contributed by atoms with Gasteiger partial charge in [0.1, 0.15) is 0 Å². The van der Waals surface area contributed by atoms with Crippen LogP contribution < -0.4 is 5.32 Å². The maximum absolute atomic E-state index is 10.3. The summed E-state index contributed by atoms with van der Waals surface area (Å²) in [7, 11) is 0. The second-order valence-electron chi connectivity index (χ2n) is 3.94. The molecule has 1 aliphatic heterocycles. The molecule has 1 fully saturated rings. The SMILES string of the molecule is CCC(C#N)C1(O)CCNCC1C. The minimum atomic E-state index is -0.769. The first-order chi connectivity index (χ1) is 6.15. The summed E-state index contributed by atoms with van der Waals surface area (Å²) in [6.07, 6.45) is 1.43. The first kappa shape index (κ1) is 10.5. The minimum absolute atomic E-state index is 0.172. The van der Waals surface area contributed by atoms with Gasteiger partial charge in [-0.05, 0) is 25.3 Å². The van der Waals surface area contributed by atoms with Crippen LogP contribution >= 0.6 is 0 Å². The van der Waals surface area contributed by atoms with Crippen molar-refractivity contribution in [3.8, 4) is 6.07 Å². The number of aliphatic hydroxyl groups is 1. The van der Waals surface area contributed by atoms with Gasteiger partial charge in [0.25, 0.3) is 0 Å². The van der Waals surface area contributed by atoms with E-state index in [9.17, 15) is 5.11 Å². The van der Waals surface area contributed by atoms with Crippen molar-refractivity contribution < 1.29 is 5.11 Å². The molecule has 3 atom stereocenters. The van der Waals surface area contributed by atoms with E-state index in [1.165, 1.54) is 0 Å². The van der Waals surface area contributed by atoms with Crippen LogP contribution in [0, 0.1) is 23.2 Å². The van der Waals surface area contributed by atoms with Crippen LogP contribution in [0.15, 0.2) is 0 Å². The molecule has 2 N–H and O–H groups in total. The lowest BCUT2D eigenvalue weighted by atomic mass is 9.73. The van der Waals surface area contributed by atoms with Crippen molar-refractivity contribution in [3.05, 3.63) is 0 Å². The molecule has 0 spiro atoms. The van der Waals surface area contributed by atoms with Crippen molar-refractivity contribution in [2.75, 3.05) is 13.1 Å². The highest BCUT2D eigenvalue weighted by Gasteiger charge is 2.42. The summed E-state index contributed by atoms with van der Waals surface area (Å²) in [5.74, 6) is -0.0459. The van der Waals surface area contributed by atoms with E-state index < -0.39 is 5.60 Å². The van der Waals surface area contributed by atoms with Crippen LogP contribution in [0.1, 0.15) is 26.7 Å². The predicted molar refractivity (Wildman–Crippen MR) is 51.0 cm³/mol. The Bertz CT molecular complexity index is 211. The fraction of sp³-hybridized carbons (Fsp3) is 0.900. The zero-order chi connectivity index (χ0) is 9.90. The third-order valence-corrected chi connectivity index (χ3v) is 3.17. The van der Waals surface area contributed by atoms with E-state index in [0.717, 1.165) is 19.5 Å². The molecule has 1 rings (SSSR count). The summed E-state index contributed by atoms with van der Waals surface area (Å²) in [4.78, 5) is 0. The normalized spacial score (nSPS) is 36.6.